The minimum absolute atomic E-state index is 0.165. The van der Waals surface area contributed by atoms with Crippen LogP contribution < -0.4 is 0 Å². The first-order chi connectivity index (χ1) is 23.5. The van der Waals surface area contributed by atoms with E-state index in [2.05, 4.69) is 84.9 Å². The molecule has 0 aliphatic heterocycles. The van der Waals surface area contributed by atoms with Gasteiger partial charge in [0.1, 0.15) is 0 Å². The number of fused-ring (bicyclic) bond motifs is 11. The van der Waals surface area contributed by atoms with Crippen LogP contribution in [-0.2, 0) is 31.9 Å². The van der Waals surface area contributed by atoms with Gasteiger partial charge in [0.25, 0.3) is 0 Å². The quantitative estimate of drug-likeness (QED) is 0.211. The number of esters is 2. The van der Waals surface area contributed by atoms with Gasteiger partial charge >= 0.3 is 11.9 Å². The minimum atomic E-state index is -0.336. The highest BCUT2D eigenvalue weighted by molar-refractivity contribution is 6.04. The molecule has 0 radical (unpaired) electrons. The predicted octanol–water partition coefficient (Wildman–Crippen LogP) is 8.71. The summed E-state index contributed by atoms with van der Waals surface area (Å²) in [4.78, 5) is 25.4. The van der Waals surface area contributed by atoms with E-state index in [0.29, 0.717) is 23.0 Å². The van der Waals surface area contributed by atoms with Gasteiger partial charge in [0.15, 0.2) is 0 Å². The molecule has 10 rings (SSSR count). The Morgan fingerprint density at radius 1 is 0.500 bits per heavy atom. The molecule has 0 saturated heterocycles. The van der Waals surface area contributed by atoms with Crippen molar-refractivity contribution in [2.45, 2.75) is 38.5 Å². The number of hydrogen-bond donors (Lipinski definition) is 0. The van der Waals surface area contributed by atoms with Crippen molar-refractivity contribution in [3.05, 3.63) is 107 Å². The summed E-state index contributed by atoms with van der Waals surface area (Å²) in [6.45, 7) is 0. The van der Waals surface area contributed by atoms with Crippen molar-refractivity contribution in [3.8, 4) is 22.3 Å². The van der Waals surface area contributed by atoms with Crippen LogP contribution >= 0.6 is 0 Å². The molecule has 0 aromatic heterocycles. The fraction of sp³-hybridized carbons (Fsp3) is 0.409. The summed E-state index contributed by atoms with van der Waals surface area (Å²) in [6.07, 6.45) is 7.22. The molecule has 6 aliphatic carbocycles. The Balaban J connectivity index is 0.930. The second kappa shape index (κ2) is 10.7. The van der Waals surface area contributed by atoms with E-state index >= 15 is 0 Å². The minimum Gasteiger partial charge on any atom is -0.466 e. The Kier molecular flexibility index (Phi) is 6.40. The molecule has 10 unspecified atom stereocenters. The van der Waals surface area contributed by atoms with Crippen LogP contribution in [-0.4, -0.2) is 26.2 Å². The van der Waals surface area contributed by atoms with E-state index in [0.717, 1.165) is 48.3 Å². The van der Waals surface area contributed by atoms with Gasteiger partial charge in [-0.1, -0.05) is 72.8 Å². The maximum Gasteiger partial charge on any atom is 0.334 e. The van der Waals surface area contributed by atoms with Crippen LogP contribution in [0.3, 0.4) is 0 Å². The average molecular weight is 635 g/mol. The number of carbonyl (C=O) groups is 2. The zero-order chi connectivity index (χ0) is 32.3. The van der Waals surface area contributed by atoms with Gasteiger partial charge < -0.3 is 9.47 Å². The lowest BCUT2D eigenvalue weighted by Crippen LogP contribution is -2.63. The van der Waals surface area contributed by atoms with Crippen molar-refractivity contribution in [1.29, 1.82) is 0 Å². The molecule has 0 amide bonds. The lowest BCUT2D eigenvalue weighted by atomic mass is 9.35. The molecule has 6 aliphatic rings. The van der Waals surface area contributed by atoms with Crippen LogP contribution in [0.2, 0.25) is 0 Å². The highest BCUT2D eigenvalue weighted by Crippen LogP contribution is 2.71. The number of ether oxygens (including phenoxy) is 2. The van der Waals surface area contributed by atoms with Gasteiger partial charge in [-0.25, -0.2) is 9.59 Å². The van der Waals surface area contributed by atoms with E-state index in [4.69, 9.17) is 9.47 Å². The molecule has 4 nitrogen and oxygen atoms in total. The topological polar surface area (TPSA) is 52.6 Å². The molecule has 4 heteroatoms. The van der Waals surface area contributed by atoms with Crippen molar-refractivity contribution >= 4 is 22.7 Å². The number of carbonyl (C=O) groups excluding carboxylic acids is 2. The molecule has 0 N–H and O–H groups in total. The summed E-state index contributed by atoms with van der Waals surface area (Å²) in [6, 6.07) is 31.6. The van der Waals surface area contributed by atoms with Crippen LogP contribution in [0.4, 0.5) is 0 Å². The molecule has 4 fully saturated rings. The smallest absolute Gasteiger partial charge is 0.334 e. The Bertz CT molecular complexity index is 1870. The van der Waals surface area contributed by atoms with E-state index in [1.807, 2.05) is 0 Å². The SMILES string of the molecule is COC(=O)C1=C(C(=O)OC)C2CC3C(CC12)C1CC2C4Cc5cc6cc(-c7ccccc7)c(-c7ccccc7)cc6cc5CC4C2CC31. The summed E-state index contributed by atoms with van der Waals surface area (Å²) in [5.41, 5.74) is 9.48. The standard InChI is InChI=1S/C44H42O4/c1-47-43(45)41-39-21-37-35-19-33-31-17-27-13-25-15-29(23-9-5-3-6-10-23)30(24-11-7-4-8-12-24)16-26(25)14-28(27)18-32(31)34(33)20-36(35)38(37)22-40(39)42(41)44(46)48-2/h3-16,31-40H,17-22H2,1-2H3. The number of rotatable bonds is 4. The summed E-state index contributed by atoms with van der Waals surface area (Å²) in [7, 11) is 2.85. The van der Waals surface area contributed by atoms with Gasteiger partial charge in [-0.2, -0.15) is 0 Å². The Labute approximate surface area is 282 Å². The van der Waals surface area contributed by atoms with Gasteiger partial charge in [-0.15, -0.1) is 0 Å². The predicted molar refractivity (Wildman–Crippen MR) is 187 cm³/mol. The van der Waals surface area contributed by atoms with Gasteiger partial charge in [0.2, 0.25) is 0 Å². The number of methoxy groups -OCH3 is 2. The first kappa shape index (κ1) is 28.8. The summed E-state index contributed by atoms with van der Waals surface area (Å²) in [5.74, 6) is 5.86. The number of benzene rings is 4. The van der Waals surface area contributed by atoms with Gasteiger partial charge in [0, 0.05) is 0 Å². The Morgan fingerprint density at radius 3 is 1.27 bits per heavy atom. The fourth-order valence-electron chi connectivity index (χ4n) is 12.2. The molecule has 242 valence electrons. The lowest BCUT2D eigenvalue weighted by Gasteiger charge is -2.69. The van der Waals surface area contributed by atoms with Crippen LogP contribution in [0, 0.1) is 59.2 Å². The maximum atomic E-state index is 12.7. The van der Waals surface area contributed by atoms with Crippen molar-refractivity contribution in [2.75, 3.05) is 14.2 Å². The van der Waals surface area contributed by atoms with E-state index < -0.39 is 0 Å². The second-order valence-electron chi connectivity index (χ2n) is 15.8. The first-order valence-electron chi connectivity index (χ1n) is 18.1. The molecule has 0 spiro atoms. The molecule has 4 aromatic carbocycles. The third kappa shape index (κ3) is 4.01. The monoisotopic (exact) mass is 634 g/mol. The Hall–Kier alpha value is -4.18. The fourth-order valence-corrected chi connectivity index (χ4v) is 12.2. The van der Waals surface area contributed by atoms with Crippen molar-refractivity contribution in [1.82, 2.24) is 0 Å². The number of hydrogen-bond acceptors (Lipinski definition) is 4. The first-order valence-corrected chi connectivity index (χ1v) is 18.1. The van der Waals surface area contributed by atoms with Crippen LogP contribution in [0.1, 0.15) is 36.8 Å². The maximum absolute atomic E-state index is 12.7. The van der Waals surface area contributed by atoms with Gasteiger partial charge in [-0.3, -0.25) is 0 Å². The van der Waals surface area contributed by atoms with Crippen LogP contribution in [0.5, 0.6) is 0 Å². The molecule has 10 atom stereocenters. The van der Waals surface area contributed by atoms with E-state index in [-0.39, 0.29) is 23.8 Å². The molecular formula is C44H42O4. The summed E-state index contributed by atoms with van der Waals surface area (Å²) >= 11 is 0. The zero-order valence-electron chi connectivity index (χ0n) is 27.7. The molecule has 0 heterocycles. The largest absolute Gasteiger partial charge is 0.466 e. The second-order valence-corrected chi connectivity index (χ2v) is 15.8. The average Bonchev–Trinajstić information content (AvgIpc) is 3.12. The highest BCUT2D eigenvalue weighted by atomic mass is 16.5. The Morgan fingerprint density at radius 2 is 0.875 bits per heavy atom. The van der Waals surface area contributed by atoms with Crippen LogP contribution in [0.25, 0.3) is 33.0 Å². The van der Waals surface area contributed by atoms with Crippen LogP contribution in [0.15, 0.2) is 96.1 Å². The van der Waals surface area contributed by atoms with E-state index in [1.165, 1.54) is 72.9 Å². The lowest BCUT2D eigenvalue weighted by molar-refractivity contribution is -0.190. The van der Waals surface area contributed by atoms with Gasteiger partial charge in [0.05, 0.1) is 25.4 Å². The van der Waals surface area contributed by atoms with Crippen molar-refractivity contribution in [2.24, 2.45) is 59.2 Å². The van der Waals surface area contributed by atoms with E-state index in [9.17, 15) is 9.59 Å². The summed E-state index contributed by atoms with van der Waals surface area (Å²) in [5, 5.41) is 2.70. The normalized spacial score (nSPS) is 33.6. The zero-order valence-corrected chi connectivity index (χ0v) is 27.7. The van der Waals surface area contributed by atoms with E-state index in [1.54, 1.807) is 11.1 Å². The molecule has 4 saturated carbocycles. The highest BCUT2D eigenvalue weighted by Gasteiger charge is 2.65. The molecule has 48 heavy (non-hydrogen) atoms. The summed E-state index contributed by atoms with van der Waals surface area (Å²) < 4.78 is 10.2. The van der Waals surface area contributed by atoms with Gasteiger partial charge in [-0.05, 0) is 154 Å². The van der Waals surface area contributed by atoms with Crippen molar-refractivity contribution < 1.29 is 19.1 Å². The molecular weight excluding hydrogens is 592 g/mol. The molecule has 0 bridgehead atoms. The third-order valence-electron chi connectivity index (χ3n) is 14.2. The third-order valence-corrected chi connectivity index (χ3v) is 14.2. The van der Waals surface area contributed by atoms with Crippen molar-refractivity contribution in [3.63, 3.8) is 0 Å². The molecule has 4 aromatic rings.